The number of hydrogen-bond donors (Lipinski definition) is 0. The van der Waals surface area contributed by atoms with Gasteiger partial charge >= 0.3 is 17.5 Å². The van der Waals surface area contributed by atoms with Crippen molar-refractivity contribution in [2.24, 2.45) is 17.0 Å². The van der Waals surface area contributed by atoms with Gasteiger partial charge in [-0.05, 0) is 12.8 Å². The largest absolute Gasteiger partial charge is 0.462 e. The standard InChI is InChI=1S/C11H15NO5/c1-4-15-9(13)11-7(5-16-10(11)14)8(6(2)3)12-17-11/h6-7H,4-5H2,1-3H3. The molecule has 0 aromatic rings. The van der Waals surface area contributed by atoms with E-state index in [4.69, 9.17) is 14.3 Å². The molecule has 2 heterocycles. The van der Waals surface area contributed by atoms with Gasteiger partial charge in [0.05, 0.1) is 12.3 Å². The monoisotopic (exact) mass is 241 g/mol. The molecule has 2 aliphatic heterocycles. The minimum Gasteiger partial charge on any atom is -0.462 e. The Morgan fingerprint density at radius 3 is 2.94 bits per heavy atom. The second-order valence-corrected chi connectivity index (χ2v) is 4.37. The molecule has 0 radical (unpaired) electrons. The van der Waals surface area contributed by atoms with Crippen molar-refractivity contribution < 1.29 is 23.9 Å². The first-order valence-electron chi connectivity index (χ1n) is 5.64. The Morgan fingerprint density at radius 1 is 1.65 bits per heavy atom. The zero-order chi connectivity index (χ0) is 12.6. The molecular formula is C11H15NO5. The molecule has 2 aliphatic rings. The van der Waals surface area contributed by atoms with E-state index in [1.54, 1.807) is 6.92 Å². The van der Waals surface area contributed by atoms with Crippen LogP contribution in [0.4, 0.5) is 0 Å². The van der Waals surface area contributed by atoms with Gasteiger partial charge < -0.3 is 14.3 Å². The van der Waals surface area contributed by atoms with E-state index in [0.29, 0.717) is 5.71 Å². The highest BCUT2D eigenvalue weighted by molar-refractivity contribution is 6.12. The van der Waals surface area contributed by atoms with E-state index < -0.39 is 23.5 Å². The molecular weight excluding hydrogens is 226 g/mol. The first kappa shape index (κ1) is 11.9. The SMILES string of the molecule is CCOC(=O)C12ON=C(C(C)C)C1COC2=O. The van der Waals surface area contributed by atoms with Crippen LogP contribution in [0.2, 0.25) is 0 Å². The van der Waals surface area contributed by atoms with Gasteiger partial charge in [0.2, 0.25) is 0 Å². The van der Waals surface area contributed by atoms with Crippen LogP contribution in [0, 0.1) is 11.8 Å². The number of hydrogen-bond acceptors (Lipinski definition) is 6. The van der Waals surface area contributed by atoms with Gasteiger partial charge in [-0.3, -0.25) is 0 Å². The second kappa shape index (κ2) is 4.01. The smallest absolute Gasteiger partial charge is 0.366 e. The maximum atomic E-state index is 11.9. The van der Waals surface area contributed by atoms with Gasteiger partial charge in [-0.2, -0.15) is 0 Å². The van der Waals surface area contributed by atoms with Crippen LogP contribution in [-0.2, 0) is 23.9 Å². The summed E-state index contributed by atoms with van der Waals surface area (Å²) in [7, 11) is 0. The fourth-order valence-corrected chi connectivity index (χ4v) is 2.12. The van der Waals surface area contributed by atoms with Crippen LogP contribution in [0.3, 0.4) is 0 Å². The molecule has 17 heavy (non-hydrogen) atoms. The van der Waals surface area contributed by atoms with Crippen LogP contribution >= 0.6 is 0 Å². The lowest BCUT2D eigenvalue weighted by Gasteiger charge is -2.20. The first-order chi connectivity index (χ1) is 8.04. The van der Waals surface area contributed by atoms with E-state index >= 15 is 0 Å². The summed E-state index contributed by atoms with van der Waals surface area (Å²) < 4.78 is 9.82. The van der Waals surface area contributed by atoms with Crippen molar-refractivity contribution in [2.45, 2.75) is 26.4 Å². The Bertz CT molecular complexity index is 389. The van der Waals surface area contributed by atoms with Crippen molar-refractivity contribution in [3.63, 3.8) is 0 Å². The van der Waals surface area contributed by atoms with Gasteiger partial charge in [0.25, 0.3) is 0 Å². The van der Waals surface area contributed by atoms with Gasteiger partial charge in [-0.25, -0.2) is 9.59 Å². The van der Waals surface area contributed by atoms with Crippen molar-refractivity contribution in [1.82, 2.24) is 0 Å². The summed E-state index contributed by atoms with van der Waals surface area (Å²) in [5.41, 5.74) is -1.03. The van der Waals surface area contributed by atoms with Gasteiger partial charge in [-0.15, -0.1) is 0 Å². The molecule has 0 aliphatic carbocycles. The predicted octanol–water partition coefficient (Wildman–Crippen LogP) is 0.503. The van der Waals surface area contributed by atoms with E-state index in [1.807, 2.05) is 13.8 Å². The quantitative estimate of drug-likeness (QED) is 0.531. The molecule has 2 rings (SSSR count). The van der Waals surface area contributed by atoms with Crippen LogP contribution in [0.15, 0.2) is 5.16 Å². The third-order valence-corrected chi connectivity index (χ3v) is 3.00. The van der Waals surface area contributed by atoms with Crippen molar-refractivity contribution in [1.29, 1.82) is 0 Å². The number of carbonyl (C=O) groups excluding carboxylic acids is 2. The summed E-state index contributed by atoms with van der Waals surface area (Å²) in [4.78, 5) is 28.8. The molecule has 1 saturated heterocycles. The summed E-state index contributed by atoms with van der Waals surface area (Å²) in [6.45, 7) is 5.82. The van der Waals surface area contributed by atoms with E-state index in [9.17, 15) is 9.59 Å². The van der Waals surface area contributed by atoms with E-state index in [2.05, 4.69) is 5.16 Å². The Balaban J connectivity index is 2.32. The maximum absolute atomic E-state index is 11.9. The lowest BCUT2D eigenvalue weighted by molar-refractivity contribution is -0.180. The van der Waals surface area contributed by atoms with Crippen LogP contribution in [0.25, 0.3) is 0 Å². The molecule has 6 heteroatoms. The van der Waals surface area contributed by atoms with Gasteiger partial charge in [0, 0.05) is 0 Å². The highest BCUT2D eigenvalue weighted by Gasteiger charge is 2.67. The predicted molar refractivity (Wildman–Crippen MR) is 57.2 cm³/mol. The Morgan fingerprint density at radius 2 is 2.35 bits per heavy atom. The molecule has 2 atom stereocenters. The second-order valence-electron chi connectivity index (χ2n) is 4.37. The normalized spacial score (nSPS) is 30.7. The summed E-state index contributed by atoms with van der Waals surface area (Å²) >= 11 is 0. The number of esters is 2. The summed E-state index contributed by atoms with van der Waals surface area (Å²) in [6.07, 6.45) is 0. The van der Waals surface area contributed by atoms with Crippen LogP contribution in [0.1, 0.15) is 20.8 Å². The van der Waals surface area contributed by atoms with Crippen LogP contribution < -0.4 is 0 Å². The lowest BCUT2D eigenvalue weighted by Crippen LogP contribution is -2.50. The Hall–Kier alpha value is -1.59. The minimum atomic E-state index is -1.70. The van der Waals surface area contributed by atoms with Crippen LogP contribution in [-0.4, -0.2) is 36.5 Å². The number of cyclic esters (lactones) is 1. The average molecular weight is 241 g/mol. The van der Waals surface area contributed by atoms with E-state index in [0.717, 1.165) is 0 Å². The summed E-state index contributed by atoms with van der Waals surface area (Å²) in [5, 5.41) is 3.86. The number of fused-ring (bicyclic) bond motifs is 1. The van der Waals surface area contributed by atoms with Crippen molar-refractivity contribution in [3.8, 4) is 0 Å². The molecule has 6 nitrogen and oxygen atoms in total. The highest BCUT2D eigenvalue weighted by Crippen LogP contribution is 2.39. The first-order valence-corrected chi connectivity index (χ1v) is 5.64. The van der Waals surface area contributed by atoms with Gasteiger partial charge in [0.15, 0.2) is 0 Å². The Labute approximate surface area is 98.9 Å². The van der Waals surface area contributed by atoms with E-state index in [1.165, 1.54) is 0 Å². The zero-order valence-corrected chi connectivity index (χ0v) is 10.1. The van der Waals surface area contributed by atoms with Crippen molar-refractivity contribution in [3.05, 3.63) is 0 Å². The molecule has 0 aromatic heterocycles. The average Bonchev–Trinajstić information content (AvgIpc) is 2.78. The molecule has 0 amide bonds. The summed E-state index contributed by atoms with van der Waals surface area (Å²) in [5.74, 6) is -1.80. The molecule has 2 unspecified atom stereocenters. The topological polar surface area (TPSA) is 74.2 Å². The van der Waals surface area contributed by atoms with Gasteiger partial charge in [0.1, 0.15) is 12.5 Å². The van der Waals surface area contributed by atoms with E-state index in [-0.39, 0.29) is 19.1 Å². The van der Waals surface area contributed by atoms with Crippen molar-refractivity contribution >= 4 is 17.7 Å². The van der Waals surface area contributed by atoms with Crippen LogP contribution in [0.5, 0.6) is 0 Å². The molecule has 0 saturated carbocycles. The number of oxime groups is 1. The molecule has 1 fully saturated rings. The number of carbonyl (C=O) groups is 2. The summed E-state index contributed by atoms with van der Waals surface area (Å²) in [6, 6.07) is 0. The third-order valence-electron chi connectivity index (χ3n) is 3.00. The minimum absolute atomic E-state index is 0.0887. The number of nitrogens with zero attached hydrogens (tertiary/aromatic N) is 1. The number of rotatable bonds is 3. The fourth-order valence-electron chi connectivity index (χ4n) is 2.12. The third kappa shape index (κ3) is 1.50. The Kier molecular flexibility index (Phi) is 2.81. The molecule has 0 spiro atoms. The molecule has 0 bridgehead atoms. The fraction of sp³-hybridized carbons (Fsp3) is 0.727. The maximum Gasteiger partial charge on any atom is 0.366 e. The molecule has 0 aromatic carbocycles. The van der Waals surface area contributed by atoms with Crippen molar-refractivity contribution in [2.75, 3.05) is 13.2 Å². The molecule has 0 N–H and O–H groups in total. The number of ether oxygens (including phenoxy) is 2. The zero-order valence-electron chi connectivity index (χ0n) is 10.1. The lowest BCUT2D eigenvalue weighted by atomic mass is 9.83. The highest BCUT2D eigenvalue weighted by atomic mass is 16.7. The molecule has 94 valence electrons. The van der Waals surface area contributed by atoms with Gasteiger partial charge in [-0.1, -0.05) is 19.0 Å².